The number of thiocarbonyl (C=S) groups is 1. The van der Waals surface area contributed by atoms with Crippen LogP contribution in [0.15, 0.2) is 6.07 Å². The lowest BCUT2D eigenvalue weighted by Gasteiger charge is -2.23. The Morgan fingerprint density at radius 3 is 2.26 bits per heavy atom. The normalized spacial score (nSPS) is 10.5. The number of anilines is 1. The lowest BCUT2D eigenvalue weighted by Crippen LogP contribution is -2.28. The number of nitrogens with zero attached hydrogens (tertiary/aromatic N) is 3. The average molecular weight is 280 g/mol. The van der Waals surface area contributed by atoms with Gasteiger partial charge in [-0.05, 0) is 25.8 Å². The summed E-state index contributed by atoms with van der Waals surface area (Å²) in [7, 11) is 0. The van der Waals surface area contributed by atoms with E-state index in [1.165, 1.54) is 0 Å². The lowest BCUT2D eigenvalue weighted by atomic mass is 10.2. The molecule has 0 spiro atoms. The first-order chi connectivity index (χ1) is 9.08. The van der Waals surface area contributed by atoms with Gasteiger partial charge in [0.15, 0.2) is 0 Å². The molecule has 0 unspecified atom stereocenters. The third-order valence-electron chi connectivity index (χ3n) is 2.94. The second-order valence-corrected chi connectivity index (χ2v) is 5.19. The fourth-order valence-electron chi connectivity index (χ4n) is 1.83. The van der Waals surface area contributed by atoms with Crippen LogP contribution < -0.4 is 10.6 Å². The number of aryl methyl sites for hydroxylation is 1. The Hall–Kier alpha value is -1.23. The van der Waals surface area contributed by atoms with Gasteiger partial charge in [0.2, 0.25) is 5.95 Å². The molecule has 1 heterocycles. The molecule has 5 heteroatoms. The first kappa shape index (κ1) is 15.8. The maximum absolute atomic E-state index is 5.67. The summed E-state index contributed by atoms with van der Waals surface area (Å²) in [5.74, 6) is 0.754. The second kappa shape index (κ2) is 8.04. The topological polar surface area (TPSA) is 55.0 Å². The van der Waals surface area contributed by atoms with Crippen molar-refractivity contribution in [1.29, 1.82) is 0 Å². The van der Waals surface area contributed by atoms with Crippen LogP contribution in [0.2, 0.25) is 0 Å². The van der Waals surface area contributed by atoms with Crippen molar-refractivity contribution in [3.05, 3.63) is 17.5 Å². The van der Waals surface area contributed by atoms with E-state index in [0.29, 0.717) is 10.7 Å². The molecule has 1 rings (SSSR count). The van der Waals surface area contributed by atoms with Gasteiger partial charge in [0, 0.05) is 18.8 Å². The summed E-state index contributed by atoms with van der Waals surface area (Å²) in [5.41, 5.74) is 7.25. The van der Waals surface area contributed by atoms with Gasteiger partial charge < -0.3 is 10.6 Å². The monoisotopic (exact) mass is 280 g/mol. The van der Waals surface area contributed by atoms with Gasteiger partial charge in [-0.1, -0.05) is 38.9 Å². The van der Waals surface area contributed by atoms with Gasteiger partial charge in [0.25, 0.3) is 0 Å². The van der Waals surface area contributed by atoms with Crippen molar-refractivity contribution in [3.8, 4) is 0 Å². The zero-order chi connectivity index (χ0) is 14.3. The van der Waals surface area contributed by atoms with Crippen LogP contribution in [0.5, 0.6) is 0 Å². The molecule has 0 atom stereocenters. The predicted molar refractivity (Wildman–Crippen MR) is 84.7 cm³/mol. The van der Waals surface area contributed by atoms with Crippen LogP contribution in [-0.4, -0.2) is 28.0 Å². The number of hydrogen-bond acceptors (Lipinski definition) is 4. The fourth-order valence-corrected chi connectivity index (χ4v) is 1.93. The Morgan fingerprint density at radius 1 is 1.21 bits per heavy atom. The molecule has 1 aromatic heterocycles. The third kappa shape index (κ3) is 5.11. The quantitative estimate of drug-likeness (QED) is 0.742. The first-order valence-corrected chi connectivity index (χ1v) is 7.39. The molecular formula is C14H24N4S. The zero-order valence-corrected chi connectivity index (χ0v) is 13.0. The molecule has 0 aromatic carbocycles. The third-order valence-corrected chi connectivity index (χ3v) is 3.15. The molecule has 106 valence electrons. The molecule has 1 aromatic rings. The first-order valence-electron chi connectivity index (χ1n) is 6.98. The second-order valence-electron chi connectivity index (χ2n) is 4.75. The highest BCUT2D eigenvalue weighted by atomic mass is 32.1. The molecule has 0 aliphatic carbocycles. The molecule has 0 amide bonds. The van der Waals surface area contributed by atoms with Gasteiger partial charge in [-0.25, -0.2) is 9.97 Å². The van der Waals surface area contributed by atoms with Crippen LogP contribution in [0.4, 0.5) is 5.95 Å². The van der Waals surface area contributed by atoms with Crippen LogP contribution >= 0.6 is 12.2 Å². The summed E-state index contributed by atoms with van der Waals surface area (Å²) >= 11 is 5.01. The summed E-state index contributed by atoms with van der Waals surface area (Å²) < 4.78 is 0. The number of unbranched alkanes of at least 4 members (excludes halogenated alkanes) is 2. The highest BCUT2D eigenvalue weighted by molar-refractivity contribution is 7.80. The van der Waals surface area contributed by atoms with Crippen molar-refractivity contribution in [3.63, 3.8) is 0 Å². The van der Waals surface area contributed by atoms with E-state index < -0.39 is 0 Å². The Morgan fingerprint density at radius 2 is 1.79 bits per heavy atom. The standard InChI is InChI=1S/C14H24N4S/c1-4-6-8-18(9-7-5-2)14-16-11(3)10-12(17-14)13(15)19/h10H,4-9H2,1-3H3,(H2,15,19). The van der Waals surface area contributed by atoms with Crippen molar-refractivity contribution in [2.75, 3.05) is 18.0 Å². The van der Waals surface area contributed by atoms with Crippen LogP contribution in [0.1, 0.15) is 50.9 Å². The maximum atomic E-state index is 5.67. The molecule has 0 aliphatic rings. The number of nitrogens with two attached hydrogens (primary N) is 1. The van der Waals surface area contributed by atoms with E-state index in [1.807, 2.05) is 13.0 Å². The smallest absolute Gasteiger partial charge is 0.226 e. The average Bonchev–Trinajstić information content (AvgIpc) is 2.38. The number of hydrogen-bond donors (Lipinski definition) is 1. The number of aromatic nitrogens is 2. The van der Waals surface area contributed by atoms with E-state index in [0.717, 1.165) is 50.4 Å². The van der Waals surface area contributed by atoms with Crippen LogP contribution in [-0.2, 0) is 0 Å². The molecule has 0 bridgehead atoms. The molecule has 0 fully saturated rings. The van der Waals surface area contributed by atoms with E-state index in [9.17, 15) is 0 Å². The van der Waals surface area contributed by atoms with Crippen molar-refractivity contribution >= 4 is 23.2 Å². The zero-order valence-electron chi connectivity index (χ0n) is 12.1. The van der Waals surface area contributed by atoms with Crippen molar-refractivity contribution in [2.45, 2.75) is 46.5 Å². The minimum Gasteiger partial charge on any atom is -0.388 e. The van der Waals surface area contributed by atoms with Crippen molar-refractivity contribution < 1.29 is 0 Å². The van der Waals surface area contributed by atoms with Gasteiger partial charge in [-0.3, -0.25) is 0 Å². The van der Waals surface area contributed by atoms with Crippen LogP contribution in [0.25, 0.3) is 0 Å². The van der Waals surface area contributed by atoms with Crippen LogP contribution in [0.3, 0.4) is 0 Å². The van der Waals surface area contributed by atoms with E-state index >= 15 is 0 Å². The minimum atomic E-state index is 0.331. The fraction of sp³-hybridized carbons (Fsp3) is 0.643. The van der Waals surface area contributed by atoms with E-state index in [1.54, 1.807) is 0 Å². The van der Waals surface area contributed by atoms with Crippen LogP contribution in [0, 0.1) is 6.92 Å². The highest BCUT2D eigenvalue weighted by Crippen LogP contribution is 2.12. The number of rotatable bonds is 8. The summed E-state index contributed by atoms with van der Waals surface area (Å²) in [4.78, 5) is 11.6. The van der Waals surface area contributed by atoms with E-state index in [-0.39, 0.29) is 0 Å². The summed E-state index contributed by atoms with van der Waals surface area (Å²) in [6.07, 6.45) is 4.61. The van der Waals surface area contributed by atoms with Gasteiger partial charge in [0.1, 0.15) is 10.7 Å². The molecule has 2 N–H and O–H groups in total. The van der Waals surface area contributed by atoms with E-state index in [4.69, 9.17) is 18.0 Å². The molecular weight excluding hydrogens is 256 g/mol. The van der Waals surface area contributed by atoms with E-state index in [2.05, 4.69) is 28.7 Å². The Labute approximate surface area is 121 Å². The van der Waals surface area contributed by atoms with Crippen molar-refractivity contribution in [2.24, 2.45) is 5.73 Å². The maximum Gasteiger partial charge on any atom is 0.226 e. The van der Waals surface area contributed by atoms with Gasteiger partial charge in [-0.15, -0.1) is 0 Å². The SMILES string of the molecule is CCCCN(CCCC)c1nc(C)cc(C(N)=S)n1. The molecule has 0 radical (unpaired) electrons. The Kier molecular flexibility index (Phi) is 6.70. The highest BCUT2D eigenvalue weighted by Gasteiger charge is 2.11. The predicted octanol–water partition coefficient (Wildman–Crippen LogP) is 2.83. The van der Waals surface area contributed by atoms with Gasteiger partial charge in [0.05, 0.1) is 0 Å². The van der Waals surface area contributed by atoms with Gasteiger partial charge >= 0.3 is 0 Å². The Balaban J connectivity index is 2.95. The molecule has 4 nitrogen and oxygen atoms in total. The largest absolute Gasteiger partial charge is 0.388 e. The molecule has 0 saturated carbocycles. The molecule has 0 saturated heterocycles. The summed E-state index contributed by atoms with van der Waals surface area (Å²) in [6.45, 7) is 8.29. The lowest BCUT2D eigenvalue weighted by molar-refractivity contribution is 0.661. The molecule has 19 heavy (non-hydrogen) atoms. The van der Waals surface area contributed by atoms with Crippen molar-refractivity contribution in [1.82, 2.24) is 9.97 Å². The summed E-state index contributed by atoms with van der Waals surface area (Å²) in [5, 5.41) is 0. The molecule has 0 aliphatic heterocycles. The minimum absolute atomic E-state index is 0.331. The summed E-state index contributed by atoms with van der Waals surface area (Å²) in [6, 6.07) is 1.84. The van der Waals surface area contributed by atoms with Gasteiger partial charge in [-0.2, -0.15) is 0 Å². The Bertz CT molecular complexity index is 412.